The van der Waals surface area contributed by atoms with Gasteiger partial charge in [-0.15, -0.1) is 0 Å². The maximum absolute atomic E-state index is 13.2. The Morgan fingerprint density at radius 1 is 1.07 bits per heavy atom. The fourth-order valence-corrected chi connectivity index (χ4v) is 2.58. The van der Waals surface area contributed by atoms with Crippen LogP contribution in [0, 0.1) is 6.57 Å². The van der Waals surface area contributed by atoms with Crippen LogP contribution in [0.2, 0.25) is 0 Å². The predicted octanol–water partition coefficient (Wildman–Crippen LogP) is 5.27. The van der Waals surface area contributed by atoms with Gasteiger partial charge in [0.15, 0.2) is 11.5 Å². The number of pyridine rings is 1. The van der Waals surface area contributed by atoms with Crippen LogP contribution in [0.5, 0.6) is 0 Å². The minimum Gasteiger partial charge on any atom is -0.355 e. The summed E-state index contributed by atoms with van der Waals surface area (Å²) in [5.41, 5.74) is -2.14. The molecule has 0 amide bonds. The van der Waals surface area contributed by atoms with Gasteiger partial charge in [-0.25, -0.2) is 4.85 Å². The lowest BCUT2D eigenvalue weighted by atomic mass is 10.1. The van der Waals surface area contributed by atoms with Crippen molar-refractivity contribution in [3.05, 3.63) is 65.4 Å². The summed E-state index contributed by atoms with van der Waals surface area (Å²) in [6.07, 6.45) is -8.17. The predicted molar refractivity (Wildman–Crippen MR) is 92.3 cm³/mol. The molecule has 0 spiro atoms. The fourth-order valence-electron chi connectivity index (χ4n) is 2.58. The summed E-state index contributed by atoms with van der Waals surface area (Å²) in [7, 11) is 0. The number of hydrogen-bond donors (Lipinski definition) is 0. The highest BCUT2D eigenvalue weighted by atomic mass is 19.4. The van der Waals surface area contributed by atoms with Crippen molar-refractivity contribution in [2.75, 3.05) is 11.4 Å². The number of halogens is 6. The first-order chi connectivity index (χ1) is 14.1. The zero-order valence-electron chi connectivity index (χ0n) is 14.9. The first-order valence-electron chi connectivity index (χ1n) is 8.21. The molecule has 0 N–H and O–H groups in total. The van der Waals surface area contributed by atoms with Crippen molar-refractivity contribution in [1.29, 1.82) is 0 Å². The summed E-state index contributed by atoms with van der Waals surface area (Å²) in [6.45, 7) is 4.70. The molecule has 12 heteroatoms. The van der Waals surface area contributed by atoms with Crippen molar-refractivity contribution >= 4 is 11.4 Å². The lowest BCUT2D eigenvalue weighted by Crippen LogP contribution is -2.34. The molecule has 6 nitrogen and oxygen atoms in total. The third kappa shape index (κ3) is 5.05. The van der Waals surface area contributed by atoms with E-state index < -0.39 is 42.4 Å². The van der Waals surface area contributed by atoms with E-state index in [1.54, 1.807) is 18.2 Å². The van der Waals surface area contributed by atoms with Crippen molar-refractivity contribution < 1.29 is 30.9 Å². The molecule has 3 rings (SSSR count). The van der Waals surface area contributed by atoms with Crippen molar-refractivity contribution in [2.45, 2.75) is 18.9 Å². The van der Waals surface area contributed by atoms with Crippen LogP contribution in [0.15, 0.2) is 47.1 Å². The Labute approximate surface area is 165 Å². The van der Waals surface area contributed by atoms with Crippen molar-refractivity contribution in [1.82, 2.24) is 15.1 Å². The van der Waals surface area contributed by atoms with Crippen molar-refractivity contribution in [3.8, 4) is 11.6 Å². The Hall–Kier alpha value is -3.62. The summed E-state index contributed by atoms with van der Waals surface area (Å²) < 4.78 is 83.8. The van der Waals surface area contributed by atoms with Gasteiger partial charge >= 0.3 is 12.4 Å². The minimum atomic E-state index is -4.90. The van der Waals surface area contributed by atoms with E-state index in [4.69, 9.17) is 11.1 Å². The number of anilines is 1. The monoisotopic (exact) mass is 427 g/mol. The number of benzene rings is 1. The van der Waals surface area contributed by atoms with Crippen LogP contribution in [-0.4, -0.2) is 27.8 Å². The molecule has 2 heterocycles. The smallest absolute Gasteiger partial charge is 0.355 e. The van der Waals surface area contributed by atoms with E-state index in [9.17, 15) is 26.3 Å². The molecule has 0 aliphatic carbocycles. The standard InChI is InChI=1S/C18H11F6N5O/c1-25-13-6-5-11(8-12(13)18(22,23)24)29(10-17(19,20)21)9-15-27-16(30-28-15)14-4-2-3-7-26-14/h2-8H,9-10H2. The second kappa shape index (κ2) is 8.02. The Morgan fingerprint density at radius 3 is 2.43 bits per heavy atom. The number of nitrogens with zero attached hydrogens (tertiary/aromatic N) is 5. The third-order valence-electron chi connectivity index (χ3n) is 3.83. The van der Waals surface area contributed by atoms with Gasteiger partial charge in [-0.1, -0.05) is 17.3 Å². The molecule has 0 saturated carbocycles. The zero-order chi connectivity index (χ0) is 21.9. The van der Waals surface area contributed by atoms with E-state index in [0.29, 0.717) is 16.7 Å². The summed E-state index contributed by atoms with van der Waals surface area (Å²) in [6, 6.07) is 7.15. The van der Waals surface area contributed by atoms with E-state index in [-0.39, 0.29) is 11.7 Å². The molecule has 30 heavy (non-hydrogen) atoms. The second-order valence-electron chi connectivity index (χ2n) is 6.01. The molecule has 0 aliphatic heterocycles. The van der Waals surface area contributed by atoms with Crippen molar-refractivity contribution in [3.63, 3.8) is 0 Å². The molecule has 0 unspecified atom stereocenters. The van der Waals surface area contributed by atoms with Crippen LogP contribution in [0.1, 0.15) is 11.4 Å². The number of hydrogen-bond acceptors (Lipinski definition) is 5. The van der Waals surface area contributed by atoms with Gasteiger partial charge in [-0.2, -0.15) is 31.3 Å². The van der Waals surface area contributed by atoms with Crippen LogP contribution < -0.4 is 4.90 Å². The maximum Gasteiger partial charge on any atom is 0.407 e. The Balaban J connectivity index is 1.95. The number of rotatable bonds is 5. The highest BCUT2D eigenvalue weighted by Gasteiger charge is 2.36. The van der Waals surface area contributed by atoms with Gasteiger partial charge < -0.3 is 9.42 Å². The van der Waals surface area contributed by atoms with Crippen LogP contribution in [-0.2, 0) is 12.7 Å². The molecule has 0 radical (unpaired) electrons. The summed E-state index contributed by atoms with van der Waals surface area (Å²) in [5, 5.41) is 3.59. The Kier molecular flexibility index (Phi) is 5.64. The highest BCUT2D eigenvalue weighted by molar-refractivity contribution is 5.62. The molecule has 0 saturated heterocycles. The Bertz CT molecular complexity index is 1060. The largest absolute Gasteiger partial charge is 0.407 e. The zero-order valence-corrected chi connectivity index (χ0v) is 14.9. The average Bonchev–Trinajstić information content (AvgIpc) is 3.14. The third-order valence-corrected chi connectivity index (χ3v) is 3.83. The second-order valence-corrected chi connectivity index (χ2v) is 6.01. The summed E-state index contributed by atoms with van der Waals surface area (Å²) in [5.74, 6) is -0.223. The number of alkyl halides is 6. The molecule has 3 aromatic rings. The molecule has 1 aromatic carbocycles. The highest BCUT2D eigenvalue weighted by Crippen LogP contribution is 2.39. The van der Waals surface area contributed by atoms with Gasteiger partial charge in [0.2, 0.25) is 0 Å². The molecular formula is C18H11F6N5O. The molecule has 0 fully saturated rings. The number of aromatic nitrogens is 3. The van der Waals surface area contributed by atoms with Crippen molar-refractivity contribution in [2.24, 2.45) is 0 Å². The van der Waals surface area contributed by atoms with Gasteiger partial charge in [0, 0.05) is 11.9 Å². The van der Waals surface area contributed by atoms with E-state index >= 15 is 0 Å². The summed E-state index contributed by atoms with van der Waals surface area (Å²) in [4.78, 5) is 11.3. The van der Waals surface area contributed by atoms with E-state index in [0.717, 1.165) is 12.1 Å². The molecule has 0 aliphatic rings. The van der Waals surface area contributed by atoms with Gasteiger partial charge in [0.25, 0.3) is 5.89 Å². The topological polar surface area (TPSA) is 59.4 Å². The van der Waals surface area contributed by atoms with Gasteiger partial charge in [0.05, 0.1) is 18.7 Å². The Morgan fingerprint density at radius 2 is 1.83 bits per heavy atom. The summed E-state index contributed by atoms with van der Waals surface area (Å²) >= 11 is 0. The van der Waals surface area contributed by atoms with Crippen LogP contribution in [0.4, 0.5) is 37.7 Å². The lowest BCUT2D eigenvalue weighted by molar-refractivity contribution is -0.136. The molecule has 0 bridgehead atoms. The molecular weight excluding hydrogens is 416 g/mol. The lowest BCUT2D eigenvalue weighted by Gasteiger charge is -2.25. The van der Waals surface area contributed by atoms with E-state index in [2.05, 4.69) is 20.0 Å². The normalized spacial score (nSPS) is 11.9. The minimum absolute atomic E-state index is 0.0445. The molecule has 0 atom stereocenters. The van der Waals surface area contributed by atoms with Gasteiger partial charge in [0.1, 0.15) is 12.2 Å². The fraction of sp³-hybridized carbons (Fsp3) is 0.222. The van der Waals surface area contributed by atoms with Crippen LogP contribution in [0.25, 0.3) is 16.4 Å². The van der Waals surface area contributed by atoms with Crippen LogP contribution in [0.3, 0.4) is 0 Å². The van der Waals surface area contributed by atoms with Gasteiger partial charge in [-0.3, -0.25) is 4.98 Å². The van der Waals surface area contributed by atoms with E-state index in [1.807, 2.05) is 0 Å². The van der Waals surface area contributed by atoms with Crippen LogP contribution >= 0.6 is 0 Å². The quantitative estimate of drug-likeness (QED) is 0.410. The van der Waals surface area contributed by atoms with Gasteiger partial charge in [-0.05, 0) is 24.3 Å². The maximum atomic E-state index is 13.2. The first-order valence-corrected chi connectivity index (χ1v) is 8.21. The average molecular weight is 427 g/mol. The molecule has 156 valence electrons. The SMILES string of the molecule is [C-]#[N+]c1ccc(N(Cc2noc(-c3ccccn3)n2)CC(F)(F)F)cc1C(F)(F)F. The molecule has 2 aromatic heterocycles. The van der Waals surface area contributed by atoms with E-state index in [1.165, 1.54) is 6.20 Å². The first kappa shape index (κ1) is 21.1.